The summed E-state index contributed by atoms with van der Waals surface area (Å²) < 4.78 is 0. The SMILES string of the molecule is CC(C)N(CCN1C(=O)C(=O)c2ccccc21)Cc1ccccc1. The summed E-state index contributed by atoms with van der Waals surface area (Å²) in [4.78, 5) is 28.3. The van der Waals surface area contributed by atoms with E-state index in [4.69, 9.17) is 0 Å². The molecular weight excluding hydrogens is 300 g/mol. The molecule has 24 heavy (non-hydrogen) atoms. The minimum atomic E-state index is -0.417. The first-order valence-electron chi connectivity index (χ1n) is 8.31. The van der Waals surface area contributed by atoms with Crippen molar-refractivity contribution in [2.45, 2.75) is 26.4 Å². The molecule has 0 radical (unpaired) electrons. The van der Waals surface area contributed by atoms with E-state index in [-0.39, 0.29) is 0 Å². The lowest BCUT2D eigenvalue weighted by Gasteiger charge is -2.28. The lowest BCUT2D eigenvalue weighted by Crippen LogP contribution is -2.40. The van der Waals surface area contributed by atoms with E-state index < -0.39 is 11.7 Å². The molecule has 1 heterocycles. The van der Waals surface area contributed by atoms with E-state index in [2.05, 4.69) is 30.9 Å². The molecule has 0 fully saturated rings. The van der Waals surface area contributed by atoms with Crippen LogP contribution in [0.15, 0.2) is 54.6 Å². The third-order valence-electron chi connectivity index (χ3n) is 4.45. The molecule has 0 saturated heterocycles. The van der Waals surface area contributed by atoms with E-state index in [1.807, 2.05) is 30.3 Å². The zero-order valence-electron chi connectivity index (χ0n) is 14.1. The monoisotopic (exact) mass is 322 g/mol. The Bertz CT molecular complexity index is 740. The quantitative estimate of drug-likeness (QED) is 0.767. The number of anilines is 1. The second kappa shape index (κ2) is 6.97. The number of hydrogen-bond acceptors (Lipinski definition) is 3. The van der Waals surface area contributed by atoms with Crippen LogP contribution in [0.4, 0.5) is 5.69 Å². The Morgan fingerprint density at radius 3 is 2.33 bits per heavy atom. The second-order valence-electron chi connectivity index (χ2n) is 6.35. The number of para-hydroxylation sites is 1. The molecule has 0 saturated carbocycles. The first kappa shape index (κ1) is 16.4. The summed E-state index contributed by atoms with van der Waals surface area (Å²) in [6.07, 6.45) is 0. The van der Waals surface area contributed by atoms with Gasteiger partial charge in [-0.3, -0.25) is 14.5 Å². The number of benzene rings is 2. The van der Waals surface area contributed by atoms with Crippen LogP contribution in [0.1, 0.15) is 29.8 Å². The summed E-state index contributed by atoms with van der Waals surface area (Å²) >= 11 is 0. The van der Waals surface area contributed by atoms with Crippen molar-refractivity contribution in [2.24, 2.45) is 0 Å². The Kier molecular flexibility index (Phi) is 4.76. The molecule has 1 aliphatic heterocycles. The summed E-state index contributed by atoms with van der Waals surface area (Å²) in [7, 11) is 0. The maximum atomic E-state index is 12.3. The lowest BCUT2D eigenvalue weighted by molar-refractivity contribution is -0.114. The molecule has 4 heteroatoms. The highest BCUT2D eigenvalue weighted by Gasteiger charge is 2.35. The fourth-order valence-electron chi connectivity index (χ4n) is 3.04. The standard InChI is InChI=1S/C20H22N2O2/c1-15(2)21(14-16-8-4-3-5-9-16)12-13-22-18-11-7-6-10-17(18)19(23)20(22)24/h3-11,15H,12-14H2,1-2H3. The number of carbonyl (C=O) groups is 2. The van der Waals surface area contributed by atoms with Gasteiger partial charge in [0.15, 0.2) is 0 Å². The van der Waals surface area contributed by atoms with E-state index in [0.29, 0.717) is 18.2 Å². The van der Waals surface area contributed by atoms with Gasteiger partial charge in [-0.15, -0.1) is 0 Å². The van der Waals surface area contributed by atoms with Crippen molar-refractivity contribution in [3.63, 3.8) is 0 Å². The number of nitrogens with zero attached hydrogens (tertiary/aromatic N) is 2. The van der Waals surface area contributed by atoms with Crippen LogP contribution in [0.25, 0.3) is 0 Å². The van der Waals surface area contributed by atoms with Crippen LogP contribution in [0.2, 0.25) is 0 Å². The predicted molar refractivity (Wildman–Crippen MR) is 95.1 cm³/mol. The topological polar surface area (TPSA) is 40.6 Å². The van der Waals surface area contributed by atoms with Crippen molar-refractivity contribution in [2.75, 3.05) is 18.0 Å². The minimum Gasteiger partial charge on any atom is -0.303 e. The largest absolute Gasteiger partial charge is 0.303 e. The van der Waals surface area contributed by atoms with E-state index in [9.17, 15) is 9.59 Å². The third kappa shape index (κ3) is 3.24. The van der Waals surface area contributed by atoms with Crippen molar-refractivity contribution < 1.29 is 9.59 Å². The zero-order chi connectivity index (χ0) is 17.1. The number of hydrogen-bond donors (Lipinski definition) is 0. The lowest BCUT2D eigenvalue weighted by atomic mass is 10.1. The molecule has 2 aromatic rings. The maximum absolute atomic E-state index is 12.3. The highest BCUT2D eigenvalue weighted by Crippen LogP contribution is 2.28. The van der Waals surface area contributed by atoms with Crippen LogP contribution in [0.3, 0.4) is 0 Å². The predicted octanol–water partition coefficient (Wildman–Crippen LogP) is 3.13. The van der Waals surface area contributed by atoms with Gasteiger partial charge in [0.05, 0.1) is 11.3 Å². The number of fused-ring (bicyclic) bond motifs is 1. The first-order chi connectivity index (χ1) is 11.6. The molecule has 124 valence electrons. The van der Waals surface area contributed by atoms with Gasteiger partial charge >= 0.3 is 0 Å². The first-order valence-corrected chi connectivity index (χ1v) is 8.31. The van der Waals surface area contributed by atoms with Crippen molar-refractivity contribution >= 4 is 17.4 Å². The molecule has 0 atom stereocenters. The van der Waals surface area contributed by atoms with Gasteiger partial charge in [0.2, 0.25) is 0 Å². The molecule has 1 amide bonds. The Balaban J connectivity index is 1.71. The van der Waals surface area contributed by atoms with Gasteiger partial charge in [-0.05, 0) is 31.5 Å². The Morgan fingerprint density at radius 1 is 0.958 bits per heavy atom. The molecule has 4 nitrogen and oxygen atoms in total. The Morgan fingerprint density at radius 2 is 1.62 bits per heavy atom. The number of Topliss-reactive ketones (excluding diaryl/α,β-unsaturated/α-hetero) is 1. The van der Waals surface area contributed by atoms with Gasteiger partial charge in [-0.25, -0.2) is 0 Å². The van der Waals surface area contributed by atoms with Gasteiger partial charge in [-0.2, -0.15) is 0 Å². The number of rotatable bonds is 6. The summed E-state index contributed by atoms with van der Waals surface area (Å²) in [6, 6.07) is 17.9. The molecule has 0 bridgehead atoms. The summed E-state index contributed by atoms with van der Waals surface area (Å²) in [5.74, 6) is -0.815. The number of amides is 1. The molecule has 0 aliphatic carbocycles. The van der Waals surface area contributed by atoms with Crippen LogP contribution < -0.4 is 4.90 Å². The molecule has 1 aliphatic rings. The molecular formula is C20H22N2O2. The van der Waals surface area contributed by atoms with E-state index >= 15 is 0 Å². The maximum Gasteiger partial charge on any atom is 0.299 e. The zero-order valence-corrected chi connectivity index (χ0v) is 14.1. The average molecular weight is 322 g/mol. The Labute approximate surface area is 142 Å². The fraction of sp³-hybridized carbons (Fsp3) is 0.300. The summed E-state index contributed by atoms with van der Waals surface area (Å²) in [5, 5.41) is 0. The molecule has 3 rings (SSSR count). The van der Waals surface area contributed by atoms with Crippen LogP contribution in [-0.2, 0) is 11.3 Å². The van der Waals surface area contributed by atoms with Gasteiger partial charge in [-0.1, -0.05) is 42.5 Å². The van der Waals surface area contributed by atoms with Gasteiger partial charge in [0, 0.05) is 25.7 Å². The van der Waals surface area contributed by atoms with E-state index in [1.165, 1.54) is 5.56 Å². The minimum absolute atomic E-state index is 0.355. The van der Waals surface area contributed by atoms with Gasteiger partial charge in [0.1, 0.15) is 0 Å². The molecule has 0 unspecified atom stereocenters. The van der Waals surface area contributed by atoms with Crippen molar-refractivity contribution in [3.05, 3.63) is 65.7 Å². The second-order valence-corrected chi connectivity index (χ2v) is 6.35. The molecule has 2 aromatic carbocycles. The van der Waals surface area contributed by atoms with Crippen molar-refractivity contribution in [3.8, 4) is 0 Å². The molecule has 0 spiro atoms. The summed E-state index contributed by atoms with van der Waals surface area (Å²) in [6.45, 7) is 6.37. The van der Waals surface area contributed by atoms with E-state index in [0.717, 1.165) is 18.8 Å². The van der Waals surface area contributed by atoms with E-state index in [1.54, 1.807) is 17.0 Å². The highest BCUT2D eigenvalue weighted by atomic mass is 16.2. The van der Waals surface area contributed by atoms with Crippen molar-refractivity contribution in [1.82, 2.24) is 4.90 Å². The third-order valence-corrected chi connectivity index (χ3v) is 4.45. The van der Waals surface area contributed by atoms with Crippen LogP contribution in [0, 0.1) is 0 Å². The Hall–Kier alpha value is -2.46. The average Bonchev–Trinajstić information content (AvgIpc) is 2.84. The molecule has 0 aromatic heterocycles. The van der Waals surface area contributed by atoms with Crippen molar-refractivity contribution in [1.29, 1.82) is 0 Å². The van der Waals surface area contributed by atoms with Crippen LogP contribution >= 0.6 is 0 Å². The normalized spacial score (nSPS) is 13.9. The number of ketones is 1. The fourth-order valence-corrected chi connectivity index (χ4v) is 3.04. The van der Waals surface area contributed by atoms with Crippen LogP contribution in [0.5, 0.6) is 0 Å². The highest BCUT2D eigenvalue weighted by molar-refractivity contribution is 6.52. The van der Waals surface area contributed by atoms with Gasteiger partial charge < -0.3 is 4.90 Å². The van der Waals surface area contributed by atoms with Crippen LogP contribution in [-0.4, -0.2) is 35.7 Å². The smallest absolute Gasteiger partial charge is 0.299 e. The van der Waals surface area contributed by atoms with Gasteiger partial charge in [0.25, 0.3) is 11.7 Å². The number of carbonyl (C=O) groups excluding carboxylic acids is 2. The summed E-state index contributed by atoms with van der Waals surface area (Å²) in [5.41, 5.74) is 2.49. The molecule has 0 N–H and O–H groups in total.